The third-order valence-electron chi connectivity index (χ3n) is 1.55. The van der Waals surface area contributed by atoms with Crippen molar-refractivity contribution in [2.75, 3.05) is 7.11 Å². The highest BCUT2D eigenvalue weighted by molar-refractivity contribution is 5.90. The summed E-state index contributed by atoms with van der Waals surface area (Å²) in [5.41, 5.74) is 1.58. The fraction of sp³-hybridized carbons (Fsp3) is 0.364. The Morgan fingerprint density at radius 3 is 2.23 bits per heavy atom. The van der Waals surface area contributed by atoms with Gasteiger partial charge in [0.2, 0.25) is 0 Å². The third kappa shape index (κ3) is 3.28. The topological polar surface area (TPSA) is 26.3 Å². The van der Waals surface area contributed by atoms with E-state index in [1.54, 1.807) is 6.07 Å². The molecule has 1 aromatic carbocycles. The molecule has 0 aromatic heterocycles. The lowest BCUT2D eigenvalue weighted by molar-refractivity contribution is 0.0600. The molecule has 2 nitrogen and oxygen atoms in total. The second-order valence-electron chi connectivity index (χ2n) is 2.31. The number of hydrogen-bond donors (Lipinski definition) is 0. The first-order valence-electron chi connectivity index (χ1n) is 4.39. The first-order chi connectivity index (χ1) is 6.25. The van der Waals surface area contributed by atoms with Crippen molar-refractivity contribution in [3.8, 4) is 0 Å². The number of hydrogen-bond acceptors (Lipinski definition) is 2. The molecule has 1 rings (SSSR count). The van der Waals surface area contributed by atoms with E-state index in [4.69, 9.17) is 0 Å². The number of rotatable bonds is 1. The average molecular weight is 180 g/mol. The van der Waals surface area contributed by atoms with Gasteiger partial charge in [0.25, 0.3) is 0 Å². The van der Waals surface area contributed by atoms with E-state index < -0.39 is 0 Å². The van der Waals surface area contributed by atoms with Gasteiger partial charge >= 0.3 is 5.97 Å². The van der Waals surface area contributed by atoms with Crippen molar-refractivity contribution in [2.45, 2.75) is 20.8 Å². The normalized spacial score (nSPS) is 8.31. The highest BCUT2D eigenvalue weighted by atomic mass is 16.5. The Balaban J connectivity index is 0.000000671. The number of esters is 1. The summed E-state index contributed by atoms with van der Waals surface area (Å²) in [6.07, 6.45) is 0. The molecule has 0 saturated heterocycles. The van der Waals surface area contributed by atoms with Crippen LogP contribution in [0.2, 0.25) is 0 Å². The Morgan fingerprint density at radius 1 is 1.23 bits per heavy atom. The van der Waals surface area contributed by atoms with Crippen molar-refractivity contribution in [1.29, 1.82) is 0 Å². The molecule has 1 aromatic rings. The van der Waals surface area contributed by atoms with Gasteiger partial charge in [-0.05, 0) is 18.6 Å². The van der Waals surface area contributed by atoms with Crippen molar-refractivity contribution in [3.05, 3.63) is 35.4 Å². The van der Waals surface area contributed by atoms with E-state index >= 15 is 0 Å². The minimum absolute atomic E-state index is 0.275. The third-order valence-corrected chi connectivity index (χ3v) is 1.55. The molecule has 0 aliphatic heterocycles. The van der Waals surface area contributed by atoms with Crippen LogP contribution in [0.4, 0.5) is 0 Å². The van der Waals surface area contributed by atoms with Gasteiger partial charge in [-0.3, -0.25) is 0 Å². The number of methoxy groups -OCH3 is 1. The predicted molar refractivity (Wildman–Crippen MR) is 53.9 cm³/mol. The van der Waals surface area contributed by atoms with E-state index in [1.165, 1.54) is 7.11 Å². The van der Waals surface area contributed by atoms with E-state index in [0.717, 1.165) is 5.56 Å². The summed E-state index contributed by atoms with van der Waals surface area (Å²) in [5.74, 6) is -0.275. The molecule has 0 aliphatic rings. The van der Waals surface area contributed by atoms with Crippen LogP contribution in [0.1, 0.15) is 29.8 Å². The zero-order chi connectivity index (χ0) is 10.3. The van der Waals surface area contributed by atoms with Crippen LogP contribution in [0.25, 0.3) is 0 Å². The number of ether oxygens (including phenoxy) is 1. The fourth-order valence-electron chi connectivity index (χ4n) is 0.912. The second kappa shape index (κ2) is 6.23. The summed E-state index contributed by atoms with van der Waals surface area (Å²) in [4.78, 5) is 11.0. The van der Waals surface area contributed by atoms with E-state index in [9.17, 15) is 4.79 Å². The summed E-state index contributed by atoms with van der Waals surface area (Å²) < 4.78 is 4.58. The maximum absolute atomic E-state index is 11.0. The molecule has 72 valence electrons. The quantitative estimate of drug-likeness (QED) is 0.621. The number of aryl methyl sites for hydroxylation is 1. The Hall–Kier alpha value is -1.31. The van der Waals surface area contributed by atoms with Gasteiger partial charge in [0, 0.05) is 0 Å². The van der Waals surface area contributed by atoms with Crippen LogP contribution < -0.4 is 0 Å². The molecule has 0 unspecified atom stereocenters. The van der Waals surface area contributed by atoms with Gasteiger partial charge in [-0.1, -0.05) is 32.0 Å². The molecule has 0 N–H and O–H groups in total. The van der Waals surface area contributed by atoms with Crippen molar-refractivity contribution < 1.29 is 9.53 Å². The van der Waals surface area contributed by atoms with Crippen molar-refractivity contribution in [1.82, 2.24) is 0 Å². The van der Waals surface area contributed by atoms with Crippen molar-refractivity contribution in [3.63, 3.8) is 0 Å². The summed E-state index contributed by atoms with van der Waals surface area (Å²) in [7, 11) is 1.38. The van der Waals surface area contributed by atoms with Crippen LogP contribution in [-0.4, -0.2) is 13.1 Å². The Labute approximate surface area is 79.5 Å². The minimum Gasteiger partial charge on any atom is -0.465 e. The van der Waals surface area contributed by atoms with Crippen LogP contribution in [0.3, 0.4) is 0 Å². The largest absolute Gasteiger partial charge is 0.465 e. The summed E-state index contributed by atoms with van der Waals surface area (Å²) in [5, 5.41) is 0. The maximum Gasteiger partial charge on any atom is 0.338 e. The van der Waals surface area contributed by atoms with E-state index in [2.05, 4.69) is 4.74 Å². The molecule has 0 fully saturated rings. The van der Waals surface area contributed by atoms with Gasteiger partial charge in [0.15, 0.2) is 0 Å². The minimum atomic E-state index is -0.275. The van der Waals surface area contributed by atoms with Crippen molar-refractivity contribution >= 4 is 5.97 Å². The summed E-state index contributed by atoms with van der Waals surface area (Å²) >= 11 is 0. The van der Waals surface area contributed by atoms with Crippen molar-refractivity contribution in [2.24, 2.45) is 0 Å². The number of carbonyl (C=O) groups is 1. The standard InChI is InChI=1S/C9H10O2.C2H6/c1-7-5-3-4-6-8(7)9(10)11-2;1-2/h3-6H,1-2H3;1-2H3. The van der Waals surface area contributed by atoms with Gasteiger partial charge in [0.05, 0.1) is 12.7 Å². The molecule has 0 heterocycles. The van der Waals surface area contributed by atoms with E-state index in [-0.39, 0.29) is 5.97 Å². The Morgan fingerprint density at radius 2 is 1.77 bits per heavy atom. The molecule has 0 atom stereocenters. The molecule has 0 radical (unpaired) electrons. The number of benzene rings is 1. The second-order valence-corrected chi connectivity index (χ2v) is 2.31. The molecular weight excluding hydrogens is 164 g/mol. The molecule has 13 heavy (non-hydrogen) atoms. The first kappa shape index (κ1) is 11.7. The Kier molecular flexibility index (Phi) is 5.60. The van der Waals surface area contributed by atoms with Crippen LogP contribution in [0, 0.1) is 6.92 Å². The zero-order valence-electron chi connectivity index (χ0n) is 8.63. The summed E-state index contributed by atoms with van der Waals surface area (Å²) in [6.45, 7) is 5.88. The van der Waals surface area contributed by atoms with Crippen LogP contribution in [0.15, 0.2) is 24.3 Å². The molecule has 0 spiro atoms. The zero-order valence-corrected chi connectivity index (χ0v) is 8.63. The molecule has 0 amide bonds. The lowest BCUT2D eigenvalue weighted by Crippen LogP contribution is -2.02. The van der Waals surface area contributed by atoms with Gasteiger partial charge in [-0.2, -0.15) is 0 Å². The van der Waals surface area contributed by atoms with Gasteiger partial charge in [-0.15, -0.1) is 0 Å². The summed E-state index contributed by atoms with van der Waals surface area (Å²) in [6, 6.07) is 7.34. The van der Waals surface area contributed by atoms with E-state index in [1.807, 2.05) is 39.0 Å². The molecule has 0 aliphatic carbocycles. The van der Waals surface area contributed by atoms with Crippen LogP contribution in [0.5, 0.6) is 0 Å². The molecular formula is C11H16O2. The highest BCUT2D eigenvalue weighted by Gasteiger charge is 2.05. The monoisotopic (exact) mass is 180 g/mol. The fourth-order valence-corrected chi connectivity index (χ4v) is 0.912. The van der Waals surface area contributed by atoms with Gasteiger partial charge < -0.3 is 4.74 Å². The lowest BCUT2D eigenvalue weighted by atomic mass is 10.1. The Bertz CT molecular complexity index is 267. The van der Waals surface area contributed by atoms with Crippen LogP contribution >= 0.6 is 0 Å². The van der Waals surface area contributed by atoms with Gasteiger partial charge in [-0.25, -0.2) is 4.79 Å². The highest BCUT2D eigenvalue weighted by Crippen LogP contribution is 2.07. The van der Waals surface area contributed by atoms with E-state index in [0.29, 0.717) is 5.56 Å². The lowest BCUT2D eigenvalue weighted by Gasteiger charge is -2.00. The van der Waals surface area contributed by atoms with Crippen LogP contribution in [-0.2, 0) is 4.74 Å². The predicted octanol–water partition coefficient (Wildman–Crippen LogP) is 2.81. The van der Waals surface area contributed by atoms with Gasteiger partial charge in [0.1, 0.15) is 0 Å². The molecule has 2 heteroatoms. The maximum atomic E-state index is 11.0. The average Bonchev–Trinajstić information content (AvgIpc) is 2.20. The first-order valence-corrected chi connectivity index (χ1v) is 4.39. The molecule has 0 saturated carbocycles. The number of carbonyl (C=O) groups excluding carboxylic acids is 1. The molecule has 0 bridgehead atoms. The SMILES string of the molecule is CC.COC(=O)c1ccccc1C. The smallest absolute Gasteiger partial charge is 0.338 e.